The molecule has 1 aromatic rings. The molecule has 0 unspecified atom stereocenters. The maximum atomic E-state index is 8.73. The largest absolute Gasteiger partial charge is 0.401 e. The third-order valence-corrected chi connectivity index (χ3v) is 2.24. The molecule has 1 rings (SSSR count). The van der Waals surface area contributed by atoms with Gasteiger partial charge in [-0.05, 0) is 31.2 Å². The second kappa shape index (κ2) is 5.32. The summed E-state index contributed by atoms with van der Waals surface area (Å²) in [5.41, 5.74) is 7.14. The van der Waals surface area contributed by atoms with E-state index in [9.17, 15) is 0 Å². The topological polar surface area (TPSA) is 62.2 Å². The Morgan fingerprint density at radius 2 is 2.07 bits per heavy atom. The Hall–Kier alpha value is -1.60. The molecule has 0 aliphatic rings. The van der Waals surface area contributed by atoms with E-state index >= 15 is 0 Å². The monoisotopic (exact) mass is 263 g/mol. The SMILES string of the molecule is C/C(N)=C(\C#N)C=Nc1ccc(Br)cc1. The van der Waals surface area contributed by atoms with E-state index in [1.54, 1.807) is 6.92 Å². The lowest BCUT2D eigenvalue weighted by Gasteiger charge is -1.94. The minimum Gasteiger partial charge on any atom is -0.401 e. The average molecular weight is 264 g/mol. The molecule has 2 N–H and O–H groups in total. The summed E-state index contributed by atoms with van der Waals surface area (Å²) < 4.78 is 0.993. The van der Waals surface area contributed by atoms with E-state index in [1.807, 2.05) is 30.3 Å². The zero-order valence-electron chi connectivity index (χ0n) is 8.24. The van der Waals surface area contributed by atoms with Crippen molar-refractivity contribution in [2.75, 3.05) is 0 Å². The van der Waals surface area contributed by atoms with Crippen LogP contribution in [0.15, 0.2) is 45.0 Å². The van der Waals surface area contributed by atoms with Crippen LogP contribution in [0.2, 0.25) is 0 Å². The molecule has 0 radical (unpaired) electrons. The van der Waals surface area contributed by atoms with Gasteiger partial charge in [-0.15, -0.1) is 0 Å². The van der Waals surface area contributed by atoms with Crippen molar-refractivity contribution in [2.45, 2.75) is 6.92 Å². The Morgan fingerprint density at radius 3 is 2.53 bits per heavy atom. The summed E-state index contributed by atoms with van der Waals surface area (Å²) in [6.45, 7) is 1.67. The molecular formula is C11H10BrN3. The standard InChI is InChI=1S/C11H10BrN3/c1-8(14)9(6-13)7-15-11-4-2-10(12)3-5-11/h2-5,7H,14H2,1H3/b9-8-,15-7?. The van der Waals surface area contributed by atoms with Gasteiger partial charge in [0.15, 0.2) is 0 Å². The minimum absolute atomic E-state index is 0.387. The Labute approximate surface area is 97.1 Å². The molecule has 4 heteroatoms. The first-order valence-corrected chi connectivity index (χ1v) is 5.09. The van der Waals surface area contributed by atoms with E-state index in [4.69, 9.17) is 11.0 Å². The van der Waals surface area contributed by atoms with Crippen LogP contribution in [0.5, 0.6) is 0 Å². The van der Waals surface area contributed by atoms with Crippen LogP contribution in [0.1, 0.15) is 6.92 Å². The molecule has 0 aliphatic carbocycles. The highest BCUT2D eigenvalue weighted by molar-refractivity contribution is 9.10. The molecule has 0 aliphatic heterocycles. The fraction of sp³-hybridized carbons (Fsp3) is 0.0909. The molecular weight excluding hydrogens is 254 g/mol. The number of nitrogens with zero attached hydrogens (tertiary/aromatic N) is 2. The molecule has 76 valence electrons. The quantitative estimate of drug-likeness (QED) is 0.659. The lowest BCUT2D eigenvalue weighted by atomic mass is 10.2. The Bertz CT molecular complexity index is 434. The summed E-state index contributed by atoms with van der Waals surface area (Å²) in [7, 11) is 0. The van der Waals surface area contributed by atoms with Crippen LogP contribution < -0.4 is 5.73 Å². The number of rotatable bonds is 2. The summed E-state index contributed by atoms with van der Waals surface area (Å²) >= 11 is 3.33. The van der Waals surface area contributed by atoms with Gasteiger partial charge >= 0.3 is 0 Å². The Kier molecular flexibility index (Phi) is 4.07. The number of halogens is 1. The highest BCUT2D eigenvalue weighted by Gasteiger charge is 1.94. The lowest BCUT2D eigenvalue weighted by Crippen LogP contribution is -1.97. The molecule has 3 nitrogen and oxygen atoms in total. The second-order valence-electron chi connectivity index (χ2n) is 2.94. The zero-order valence-corrected chi connectivity index (χ0v) is 9.82. The van der Waals surface area contributed by atoms with E-state index in [0.717, 1.165) is 10.2 Å². The number of hydrogen-bond acceptors (Lipinski definition) is 3. The molecule has 0 spiro atoms. The predicted molar refractivity (Wildman–Crippen MR) is 64.8 cm³/mol. The van der Waals surface area contributed by atoms with Crippen LogP contribution in [-0.2, 0) is 0 Å². The Balaban J connectivity index is 2.88. The van der Waals surface area contributed by atoms with Gasteiger partial charge in [-0.1, -0.05) is 15.9 Å². The number of hydrogen-bond donors (Lipinski definition) is 1. The number of aliphatic imine (C=N–C) groups is 1. The molecule has 0 saturated heterocycles. The van der Waals surface area contributed by atoms with Crippen molar-refractivity contribution < 1.29 is 0 Å². The first-order valence-electron chi connectivity index (χ1n) is 4.29. The average Bonchev–Trinajstić information content (AvgIpc) is 2.21. The van der Waals surface area contributed by atoms with Gasteiger partial charge < -0.3 is 5.73 Å². The van der Waals surface area contributed by atoms with Crippen molar-refractivity contribution in [2.24, 2.45) is 10.7 Å². The second-order valence-corrected chi connectivity index (χ2v) is 3.86. The highest BCUT2D eigenvalue weighted by Crippen LogP contribution is 2.16. The van der Waals surface area contributed by atoms with E-state index in [2.05, 4.69) is 20.9 Å². The molecule has 0 amide bonds. The first-order chi connectivity index (χ1) is 7.13. The Morgan fingerprint density at radius 1 is 1.47 bits per heavy atom. The summed E-state index contributed by atoms with van der Waals surface area (Å²) in [6.07, 6.45) is 1.47. The van der Waals surface area contributed by atoms with E-state index in [-0.39, 0.29) is 0 Å². The summed E-state index contributed by atoms with van der Waals surface area (Å²) in [5.74, 6) is 0. The fourth-order valence-corrected chi connectivity index (χ4v) is 1.15. The van der Waals surface area contributed by atoms with Crippen LogP contribution in [0.4, 0.5) is 5.69 Å². The molecule has 0 aromatic heterocycles. The fourth-order valence-electron chi connectivity index (χ4n) is 0.885. The van der Waals surface area contributed by atoms with Gasteiger partial charge in [0, 0.05) is 16.4 Å². The highest BCUT2D eigenvalue weighted by atomic mass is 79.9. The van der Waals surface area contributed by atoms with Crippen molar-refractivity contribution in [1.82, 2.24) is 0 Å². The van der Waals surface area contributed by atoms with Crippen LogP contribution in [0.25, 0.3) is 0 Å². The normalized spacial score (nSPS) is 12.3. The third-order valence-electron chi connectivity index (χ3n) is 1.71. The van der Waals surface area contributed by atoms with Gasteiger partial charge in [0.1, 0.15) is 6.07 Å². The molecule has 0 atom stereocenters. The van der Waals surface area contributed by atoms with E-state index < -0.39 is 0 Å². The van der Waals surface area contributed by atoms with Crippen LogP contribution in [0.3, 0.4) is 0 Å². The minimum atomic E-state index is 0.387. The lowest BCUT2D eigenvalue weighted by molar-refractivity contribution is 1.29. The maximum Gasteiger partial charge on any atom is 0.103 e. The van der Waals surface area contributed by atoms with Crippen molar-refractivity contribution >= 4 is 27.8 Å². The third kappa shape index (κ3) is 3.56. The van der Waals surface area contributed by atoms with Crippen molar-refractivity contribution in [3.05, 3.63) is 40.0 Å². The van der Waals surface area contributed by atoms with Crippen molar-refractivity contribution in [3.63, 3.8) is 0 Å². The number of nitrogens with two attached hydrogens (primary N) is 1. The van der Waals surface area contributed by atoms with Gasteiger partial charge in [-0.3, -0.25) is 4.99 Å². The maximum absolute atomic E-state index is 8.73. The van der Waals surface area contributed by atoms with Gasteiger partial charge in [0.25, 0.3) is 0 Å². The van der Waals surface area contributed by atoms with E-state index in [0.29, 0.717) is 11.3 Å². The van der Waals surface area contributed by atoms with Crippen molar-refractivity contribution in [1.29, 1.82) is 5.26 Å². The van der Waals surface area contributed by atoms with Gasteiger partial charge in [0.2, 0.25) is 0 Å². The number of allylic oxidation sites excluding steroid dienone is 2. The van der Waals surface area contributed by atoms with Crippen molar-refractivity contribution in [3.8, 4) is 6.07 Å². The number of nitriles is 1. The predicted octanol–water partition coefficient (Wildman–Crippen LogP) is 2.91. The van der Waals surface area contributed by atoms with Gasteiger partial charge in [-0.25, -0.2) is 0 Å². The van der Waals surface area contributed by atoms with E-state index in [1.165, 1.54) is 6.21 Å². The molecule has 1 aromatic carbocycles. The molecule has 0 saturated carbocycles. The first kappa shape index (κ1) is 11.5. The summed E-state index contributed by atoms with van der Waals surface area (Å²) in [6, 6.07) is 9.45. The summed E-state index contributed by atoms with van der Waals surface area (Å²) in [4.78, 5) is 4.13. The molecule has 15 heavy (non-hydrogen) atoms. The molecule has 0 bridgehead atoms. The number of benzene rings is 1. The van der Waals surface area contributed by atoms with Crippen LogP contribution >= 0.6 is 15.9 Å². The van der Waals surface area contributed by atoms with Gasteiger partial charge in [-0.2, -0.15) is 5.26 Å². The smallest absolute Gasteiger partial charge is 0.103 e. The zero-order chi connectivity index (χ0) is 11.3. The molecule has 0 fully saturated rings. The van der Waals surface area contributed by atoms with Crippen LogP contribution in [0, 0.1) is 11.3 Å². The van der Waals surface area contributed by atoms with Crippen LogP contribution in [-0.4, -0.2) is 6.21 Å². The summed E-state index contributed by atoms with van der Waals surface area (Å²) in [5, 5.41) is 8.73. The molecule has 0 heterocycles. The van der Waals surface area contributed by atoms with Gasteiger partial charge in [0.05, 0.1) is 11.3 Å².